The zero-order valence-corrected chi connectivity index (χ0v) is 15.2. The van der Waals surface area contributed by atoms with E-state index in [0.29, 0.717) is 5.56 Å². The van der Waals surface area contributed by atoms with Crippen molar-refractivity contribution >= 4 is 33.7 Å². The van der Waals surface area contributed by atoms with Gasteiger partial charge in [-0.3, -0.25) is 14.4 Å². The molecule has 0 aromatic heterocycles. The molecular formula is C17H19BrO6. The number of halogens is 1. The molecule has 4 atom stereocenters. The van der Waals surface area contributed by atoms with Gasteiger partial charge < -0.3 is 14.6 Å². The van der Waals surface area contributed by atoms with E-state index in [1.165, 1.54) is 21.1 Å². The Morgan fingerprint density at radius 1 is 1.25 bits per heavy atom. The second-order valence-electron chi connectivity index (χ2n) is 6.08. The van der Waals surface area contributed by atoms with Crippen LogP contribution in [0, 0.1) is 11.8 Å². The highest BCUT2D eigenvalue weighted by Gasteiger charge is 2.56. The fourth-order valence-electron chi connectivity index (χ4n) is 3.38. The van der Waals surface area contributed by atoms with Crippen molar-refractivity contribution in [2.75, 3.05) is 14.2 Å². The van der Waals surface area contributed by atoms with Crippen LogP contribution in [-0.4, -0.2) is 42.6 Å². The lowest BCUT2D eigenvalue weighted by Crippen LogP contribution is -2.55. The minimum atomic E-state index is -1.62. The molecule has 1 aromatic rings. The fraction of sp³-hybridized carbons (Fsp3) is 0.471. The number of carbonyl (C=O) groups excluding carboxylic acids is 3. The lowest BCUT2D eigenvalue weighted by Gasteiger charge is -2.43. The van der Waals surface area contributed by atoms with Crippen LogP contribution in [0.2, 0.25) is 0 Å². The van der Waals surface area contributed by atoms with Crippen molar-refractivity contribution in [2.24, 2.45) is 11.8 Å². The molecular weight excluding hydrogens is 380 g/mol. The van der Waals surface area contributed by atoms with Crippen molar-refractivity contribution in [3.05, 3.63) is 34.3 Å². The Balaban J connectivity index is 2.65. The first kappa shape index (κ1) is 18.6. The number of ether oxygens (including phenoxy) is 2. The molecule has 130 valence electrons. The van der Waals surface area contributed by atoms with Gasteiger partial charge in [0.1, 0.15) is 5.92 Å². The zero-order valence-electron chi connectivity index (χ0n) is 13.6. The molecule has 0 radical (unpaired) electrons. The third-order valence-electron chi connectivity index (χ3n) is 4.41. The highest BCUT2D eigenvalue weighted by atomic mass is 79.9. The summed E-state index contributed by atoms with van der Waals surface area (Å²) in [5.41, 5.74) is -1.05. The lowest BCUT2D eigenvalue weighted by atomic mass is 9.62. The van der Waals surface area contributed by atoms with Gasteiger partial charge in [0.25, 0.3) is 0 Å². The molecule has 1 N–H and O–H groups in total. The maximum Gasteiger partial charge on any atom is 0.316 e. The quantitative estimate of drug-likeness (QED) is 0.616. The van der Waals surface area contributed by atoms with Crippen molar-refractivity contribution in [3.63, 3.8) is 0 Å². The molecule has 1 aromatic carbocycles. The molecule has 0 spiro atoms. The molecule has 24 heavy (non-hydrogen) atoms. The van der Waals surface area contributed by atoms with E-state index >= 15 is 0 Å². The highest BCUT2D eigenvalue weighted by molar-refractivity contribution is 9.10. The predicted octanol–water partition coefficient (Wildman–Crippen LogP) is 1.83. The van der Waals surface area contributed by atoms with Gasteiger partial charge in [-0.25, -0.2) is 0 Å². The van der Waals surface area contributed by atoms with E-state index in [4.69, 9.17) is 9.47 Å². The summed E-state index contributed by atoms with van der Waals surface area (Å²) in [7, 11) is 2.40. The molecule has 6 nitrogen and oxygen atoms in total. The number of Topliss-reactive ketones (excluding diaryl/α,β-unsaturated/α-hetero) is 1. The Kier molecular flexibility index (Phi) is 5.45. The summed E-state index contributed by atoms with van der Waals surface area (Å²) >= 11 is 3.34. The van der Waals surface area contributed by atoms with Gasteiger partial charge in [0.15, 0.2) is 5.78 Å². The van der Waals surface area contributed by atoms with Crippen LogP contribution in [0.4, 0.5) is 0 Å². The average molecular weight is 399 g/mol. The Morgan fingerprint density at radius 2 is 1.88 bits per heavy atom. The number of hydrogen-bond acceptors (Lipinski definition) is 6. The third kappa shape index (κ3) is 3.37. The number of methoxy groups -OCH3 is 2. The van der Waals surface area contributed by atoms with Crippen LogP contribution in [-0.2, 0) is 23.9 Å². The van der Waals surface area contributed by atoms with Gasteiger partial charge in [0.2, 0.25) is 0 Å². The molecule has 1 aliphatic rings. The number of aliphatic hydroxyl groups is 1. The molecule has 0 aliphatic heterocycles. The number of rotatable bonds is 3. The smallest absolute Gasteiger partial charge is 0.316 e. The number of hydrogen-bond donors (Lipinski definition) is 1. The second kappa shape index (κ2) is 7.03. The second-order valence-corrected chi connectivity index (χ2v) is 7.00. The first-order chi connectivity index (χ1) is 11.2. The van der Waals surface area contributed by atoms with Crippen molar-refractivity contribution < 1.29 is 29.0 Å². The summed E-state index contributed by atoms with van der Waals surface area (Å²) in [6, 6.07) is 6.93. The first-order valence-corrected chi connectivity index (χ1v) is 8.18. The molecule has 2 rings (SSSR count). The zero-order chi connectivity index (χ0) is 18.1. The van der Waals surface area contributed by atoms with Gasteiger partial charge in [-0.05, 0) is 24.6 Å². The van der Waals surface area contributed by atoms with E-state index in [2.05, 4.69) is 15.9 Å². The van der Waals surface area contributed by atoms with Gasteiger partial charge in [0.05, 0.1) is 25.7 Å². The molecule has 0 bridgehead atoms. The Hall–Kier alpha value is -1.73. The molecule has 0 unspecified atom stereocenters. The van der Waals surface area contributed by atoms with E-state index in [1.54, 1.807) is 24.3 Å². The number of esters is 2. The number of carbonyl (C=O) groups is 3. The number of benzene rings is 1. The van der Waals surface area contributed by atoms with Gasteiger partial charge in [0, 0.05) is 16.8 Å². The van der Waals surface area contributed by atoms with E-state index in [1.807, 2.05) is 0 Å². The van der Waals surface area contributed by atoms with E-state index in [0.717, 1.165) is 4.47 Å². The minimum absolute atomic E-state index is 0.322. The SMILES string of the molecule is COC(=O)[C@@H]1C(=O)C[C@](C)(O)[C@H](C(=O)OC)[C@@H]1c1cccc(Br)c1. The highest BCUT2D eigenvalue weighted by Crippen LogP contribution is 2.46. The normalized spacial score (nSPS) is 29.9. The van der Waals surface area contributed by atoms with Crippen LogP contribution < -0.4 is 0 Å². The van der Waals surface area contributed by atoms with Crippen LogP contribution in [0.25, 0.3) is 0 Å². The third-order valence-corrected chi connectivity index (χ3v) is 4.90. The minimum Gasteiger partial charge on any atom is -0.469 e. The van der Waals surface area contributed by atoms with Crippen molar-refractivity contribution in [2.45, 2.75) is 24.9 Å². The van der Waals surface area contributed by atoms with E-state index in [9.17, 15) is 19.5 Å². The van der Waals surface area contributed by atoms with Gasteiger partial charge in [-0.1, -0.05) is 28.1 Å². The van der Waals surface area contributed by atoms with E-state index in [-0.39, 0.29) is 6.42 Å². The Bertz CT molecular complexity index is 669. The maximum absolute atomic E-state index is 12.5. The number of ketones is 1. The lowest BCUT2D eigenvalue weighted by molar-refractivity contribution is -0.170. The van der Waals surface area contributed by atoms with Crippen molar-refractivity contribution in [1.29, 1.82) is 0 Å². The van der Waals surface area contributed by atoms with Crippen LogP contribution in [0.5, 0.6) is 0 Å². The molecule has 0 saturated heterocycles. The van der Waals surface area contributed by atoms with Gasteiger partial charge in [-0.2, -0.15) is 0 Å². The van der Waals surface area contributed by atoms with E-state index < -0.39 is 41.1 Å². The van der Waals surface area contributed by atoms with Crippen LogP contribution in [0.3, 0.4) is 0 Å². The molecule has 1 fully saturated rings. The molecule has 1 saturated carbocycles. The largest absolute Gasteiger partial charge is 0.469 e. The predicted molar refractivity (Wildman–Crippen MR) is 88.1 cm³/mol. The maximum atomic E-state index is 12.5. The van der Waals surface area contributed by atoms with Gasteiger partial charge in [-0.15, -0.1) is 0 Å². The molecule has 0 heterocycles. The van der Waals surface area contributed by atoms with Crippen molar-refractivity contribution in [3.8, 4) is 0 Å². The summed E-state index contributed by atoms with van der Waals surface area (Å²) in [5, 5.41) is 10.7. The van der Waals surface area contributed by atoms with Crippen LogP contribution in [0.1, 0.15) is 24.8 Å². The summed E-state index contributed by atoms with van der Waals surface area (Å²) in [4.78, 5) is 37.1. The summed E-state index contributed by atoms with van der Waals surface area (Å²) in [5.74, 6) is -4.98. The van der Waals surface area contributed by atoms with Crippen LogP contribution >= 0.6 is 15.9 Å². The monoisotopic (exact) mass is 398 g/mol. The first-order valence-electron chi connectivity index (χ1n) is 7.39. The van der Waals surface area contributed by atoms with Crippen molar-refractivity contribution in [1.82, 2.24) is 0 Å². The van der Waals surface area contributed by atoms with Crippen LogP contribution in [0.15, 0.2) is 28.7 Å². The molecule has 1 aliphatic carbocycles. The molecule has 0 amide bonds. The Morgan fingerprint density at radius 3 is 2.42 bits per heavy atom. The van der Waals surface area contributed by atoms with Gasteiger partial charge >= 0.3 is 11.9 Å². The summed E-state index contributed by atoms with van der Waals surface area (Å²) < 4.78 is 10.3. The molecule has 7 heteroatoms. The standard InChI is InChI=1S/C17H19BrO6/c1-17(22)8-11(19)13(15(20)23-2)12(14(17)16(21)24-3)9-5-4-6-10(18)7-9/h4-7,12-14,22H,8H2,1-3H3/t12-,13-,14+,17+/m1/s1. The topological polar surface area (TPSA) is 89.9 Å². The summed E-state index contributed by atoms with van der Waals surface area (Å²) in [6.07, 6.45) is -0.322. The fourth-order valence-corrected chi connectivity index (χ4v) is 3.80. The summed E-state index contributed by atoms with van der Waals surface area (Å²) in [6.45, 7) is 1.41. The average Bonchev–Trinajstić information content (AvgIpc) is 2.52. The Labute approximate surface area is 148 Å².